The average molecular weight is 503 g/mol. The maximum atomic E-state index is 12.1. The van der Waals surface area contributed by atoms with Crippen LogP contribution in [0.3, 0.4) is 0 Å². The summed E-state index contributed by atoms with van der Waals surface area (Å²) < 4.78 is 0. The van der Waals surface area contributed by atoms with Crippen LogP contribution in [0, 0.1) is 113 Å². The van der Waals surface area contributed by atoms with Crippen LogP contribution >= 0.6 is 23.2 Å². The third-order valence-corrected chi connectivity index (χ3v) is 3.15. The Morgan fingerprint density at radius 2 is 1.57 bits per heavy atom. The van der Waals surface area contributed by atoms with Crippen LogP contribution in [0.15, 0.2) is 42.5 Å². The van der Waals surface area contributed by atoms with Crippen LogP contribution in [0.5, 0.6) is 0 Å². The molecule has 0 unspecified atom stereocenters. The average Bonchev–Trinajstić information content (AvgIpc) is 2.37. The van der Waals surface area contributed by atoms with Gasteiger partial charge in [-0.15, -0.1) is 0 Å². The maximum absolute atomic E-state index is 12.1. The number of rotatable bonds is 3. The first-order chi connectivity index (χ1) is 9.08. The van der Waals surface area contributed by atoms with Gasteiger partial charge in [-0.1, -0.05) is 42.3 Å². The minimum atomic E-state index is -0.224. The second-order valence-electron chi connectivity index (χ2n) is 4.17. The summed E-state index contributed by atoms with van der Waals surface area (Å²) in [6, 6.07) is 12.5. The van der Waals surface area contributed by atoms with Crippen LogP contribution in [0.25, 0.3) is 0 Å². The molecule has 0 atom stereocenters. The third kappa shape index (κ3) is 11.1. The Morgan fingerprint density at radius 3 is 2.09 bits per heavy atom. The van der Waals surface area contributed by atoms with Crippen molar-refractivity contribution < 1.29 is 151 Å². The second kappa shape index (κ2) is 16.3. The van der Waals surface area contributed by atoms with E-state index in [1.165, 1.54) is 5.56 Å². The number of halogens is 2. The quantitative estimate of drug-likeness (QED) is 0.641. The fraction of sp³-hybridized carbons (Fsp3) is 0.133. The van der Waals surface area contributed by atoms with E-state index in [1.54, 1.807) is 18.2 Å². The molecule has 0 aromatic heterocycles. The fourth-order valence-electron chi connectivity index (χ4n) is 1.76. The molecule has 8 heteroatoms. The van der Waals surface area contributed by atoms with Crippen molar-refractivity contribution in [2.45, 2.75) is 13.3 Å². The van der Waals surface area contributed by atoms with Gasteiger partial charge in [-0.2, -0.15) is 0 Å². The summed E-state index contributed by atoms with van der Waals surface area (Å²) in [6.45, 7) is 2.07. The van der Waals surface area contributed by atoms with Gasteiger partial charge < -0.3 is 5.32 Å². The van der Waals surface area contributed by atoms with Crippen molar-refractivity contribution in [3.8, 4) is 0 Å². The summed E-state index contributed by atoms with van der Waals surface area (Å²) in [5.41, 5.74) is 2.38. The number of hydrogen-bond donors (Lipinski definition) is 1. The van der Waals surface area contributed by atoms with Crippen LogP contribution in [-0.4, -0.2) is 5.91 Å². The zero-order valence-electron chi connectivity index (χ0n) is 12.1. The Bertz CT molecular complexity index is 609. The van der Waals surface area contributed by atoms with Crippen LogP contribution in [0.1, 0.15) is 22.8 Å². The number of amides is 1. The number of hydrogen-bond acceptors (Lipinski definition) is 1. The first-order valence-electron chi connectivity index (χ1n) is 5.95. The second-order valence-corrected chi connectivity index (χ2v) is 5.04. The van der Waals surface area contributed by atoms with Gasteiger partial charge in [0.25, 0.3) is 5.91 Å². The van der Waals surface area contributed by atoms with Crippen molar-refractivity contribution in [2.75, 3.05) is 5.32 Å². The van der Waals surface area contributed by atoms with E-state index in [1.807, 2.05) is 24.3 Å². The van der Waals surface area contributed by atoms with Gasteiger partial charge >= 0.3 is 0 Å². The molecule has 1 amide bonds. The number of carbonyl (C=O) groups excluding carboxylic acids is 1. The Balaban J connectivity index is -0.000001000. The van der Waals surface area contributed by atoms with Gasteiger partial charge in [-0.05, 0) is 42.3 Å². The van der Waals surface area contributed by atoms with Gasteiger partial charge in [0.15, 0.2) is 0 Å². The van der Waals surface area contributed by atoms with E-state index >= 15 is 0 Å². The maximum Gasteiger partial charge on any atom is 0.255 e. The number of carbonyl (C=O) groups is 1. The summed E-state index contributed by atoms with van der Waals surface area (Å²) in [7, 11) is 0. The van der Waals surface area contributed by atoms with Crippen molar-refractivity contribution in [2.24, 2.45) is 0 Å². The van der Waals surface area contributed by atoms with Crippen LogP contribution in [0.4, 0.5) is 5.69 Å². The normalized spacial score (nSPS) is 8.48. The summed E-state index contributed by atoms with van der Waals surface area (Å²) >= 11 is 11.8. The van der Waals surface area contributed by atoms with E-state index in [9.17, 15) is 4.79 Å². The van der Waals surface area contributed by atoms with Crippen molar-refractivity contribution >= 4 is 34.8 Å². The van der Waals surface area contributed by atoms with E-state index in [0.29, 0.717) is 15.6 Å². The molecular formula is C15H13Ar3Cl2NOY. The molecule has 0 saturated heterocycles. The van der Waals surface area contributed by atoms with Gasteiger partial charge in [-0.25, -0.2) is 0 Å². The van der Waals surface area contributed by atoms with Gasteiger partial charge in [0.05, 0.1) is 0 Å². The van der Waals surface area contributed by atoms with Crippen molar-refractivity contribution in [3.05, 3.63) is 63.6 Å². The molecule has 2 rings (SSSR count). The van der Waals surface area contributed by atoms with E-state index in [0.717, 1.165) is 12.1 Å². The zero-order valence-corrected chi connectivity index (χ0v) is 18.5. The zero-order chi connectivity index (χ0) is 13.8. The van der Waals surface area contributed by atoms with E-state index in [2.05, 4.69) is 12.2 Å². The van der Waals surface area contributed by atoms with Crippen molar-refractivity contribution in [1.29, 1.82) is 0 Å². The summed E-state index contributed by atoms with van der Waals surface area (Å²) in [6.07, 6.45) is 0.923. The summed E-state index contributed by atoms with van der Waals surface area (Å²) in [5, 5.41) is 3.72. The molecular weight excluding hydrogens is 490 g/mol. The predicted octanol–water partition coefficient (Wildman–Crippen LogP) is 4.81. The number of benzene rings is 2. The molecule has 2 aromatic rings. The van der Waals surface area contributed by atoms with Crippen LogP contribution in [-0.2, 0) is 39.1 Å². The van der Waals surface area contributed by atoms with Crippen molar-refractivity contribution in [1.82, 2.24) is 0 Å². The molecule has 0 bridgehead atoms. The molecule has 0 aliphatic rings. The molecule has 125 valence electrons. The van der Waals surface area contributed by atoms with E-state index < -0.39 is 0 Å². The van der Waals surface area contributed by atoms with Gasteiger partial charge in [0.2, 0.25) is 0 Å². The topological polar surface area (TPSA) is 29.1 Å². The van der Waals surface area contributed by atoms with Crippen LogP contribution < -0.4 is 5.32 Å². The molecule has 23 heavy (non-hydrogen) atoms. The third-order valence-electron chi connectivity index (χ3n) is 2.72. The monoisotopic (exact) mass is 502 g/mol. The molecule has 0 fully saturated rings. The largest absolute Gasteiger partial charge is 0.322 e. The molecule has 0 saturated carbocycles. The molecule has 0 aliphatic carbocycles. The number of aryl methyl sites for hydroxylation is 1. The first-order valence-corrected chi connectivity index (χ1v) is 6.70. The molecule has 0 aliphatic heterocycles. The standard InChI is InChI=1S/C15H13Cl2NO.3Ar.Y/c1-2-10-4-3-5-14(6-10)18-15(19)11-7-12(16)9-13(17)8-11;;;;/h3-9H,2H2,1H3,(H,18,19);;;;. The van der Waals surface area contributed by atoms with Crippen LogP contribution in [0.2, 0.25) is 10.0 Å². The van der Waals surface area contributed by atoms with Gasteiger partial charge in [-0.3, -0.25) is 4.79 Å². The van der Waals surface area contributed by atoms with E-state index in [-0.39, 0.29) is 152 Å². The summed E-state index contributed by atoms with van der Waals surface area (Å²) in [4.78, 5) is 12.1. The minimum Gasteiger partial charge on any atom is -0.322 e. The molecule has 1 radical (unpaired) electrons. The van der Waals surface area contributed by atoms with Gasteiger partial charge in [0, 0.05) is 167 Å². The number of anilines is 1. The van der Waals surface area contributed by atoms with Crippen molar-refractivity contribution in [3.63, 3.8) is 0 Å². The number of nitrogens with one attached hydrogen (secondary N) is 1. The Kier molecular flexibility index (Phi) is 22.1. The molecule has 2 nitrogen and oxygen atoms in total. The predicted molar refractivity (Wildman–Crippen MR) is 80.2 cm³/mol. The fourth-order valence-corrected chi connectivity index (χ4v) is 2.28. The molecule has 2 aromatic carbocycles. The Hall–Kier alpha value is 3.37. The molecule has 0 spiro atoms. The minimum absolute atomic E-state index is 0. The first kappa shape index (κ1) is 31.1. The Labute approximate surface area is 262 Å². The molecule has 1 N–H and O–H groups in total. The summed E-state index contributed by atoms with van der Waals surface area (Å²) in [5.74, 6) is -0.224. The van der Waals surface area contributed by atoms with E-state index in [4.69, 9.17) is 23.2 Å². The Morgan fingerprint density at radius 1 is 1.00 bits per heavy atom. The SMILES string of the molecule is CCc1cccc(NC(=O)c2cc(Cl)cc(Cl)c2)c1.[Ar].[Ar].[Ar].[Y]. The molecule has 0 heterocycles. The van der Waals surface area contributed by atoms with Gasteiger partial charge in [0.1, 0.15) is 0 Å². The smallest absolute Gasteiger partial charge is 0.255 e.